The van der Waals surface area contributed by atoms with Crippen LogP contribution in [0, 0.1) is 6.92 Å². The number of carbonyl (C=O) groups excluding carboxylic acids is 1. The van der Waals surface area contributed by atoms with E-state index in [1.54, 1.807) is 6.08 Å². The zero-order chi connectivity index (χ0) is 10.8. The maximum atomic E-state index is 11.4. The summed E-state index contributed by atoms with van der Waals surface area (Å²) in [4.78, 5) is 11.4. The first-order valence-electron chi connectivity index (χ1n) is 5.10. The largest absolute Gasteiger partial charge is 0.295 e. The van der Waals surface area contributed by atoms with E-state index < -0.39 is 0 Å². The van der Waals surface area contributed by atoms with Gasteiger partial charge in [-0.15, -0.1) is 0 Å². The van der Waals surface area contributed by atoms with Crippen molar-refractivity contribution in [3.8, 4) is 0 Å². The first-order valence-corrected chi connectivity index (χ1v) is 5.48. The lowest BCUT2D eigenvalue weighted by Gasteiger charge is -2.19. The molecule has 0 bridgehead atoms. The number of hydrogen-bond acceptors (Lipinski definition) is 1. The van der Waals surface area contributed by atoms with Gasteiger partial charge in [-0.1, -0.05) is 41.4 Å². The minimum atomic E-state index is 0.137. The van der Waals surface area contributed by atoms with Gasteiger partial charge in [0.25, 0.3) is 0 Å². The standard InChI is InChI=1S/C13H13ClO/c1-9-3-2-4-10(5-9)11-6-12(14)8-13(15)7-11/h2-5,8,11H,6-7H2,1H3/t11-/m0/s1. The summed E-state index contributed by atoms with van der Waals surface area (Å²) in [7, 11) is 0. The molecule has 0 fully saturated rings. The molecule has 1 atom stereocenters. The van der Waals surface area contributed by atoms with Crippen LogP contribution in [0.4, 0.5) is 0 Å². The van der Waals surface area contributed by atoms with E-state index in [2.05, 4.69) is 25.1 Å². The Morgan fingerprint density at radius 1 is 1.33 bits per heavy atom. The Kier molecular flexibility index (Phi) is 2.92. The van der Waals surface area contributed by atoms with Gasteiger partial charge in [0.05, 0.1) is 0 Å². The molecule has 1 nitrogen and oxygen atoms in total. The predicted octanol–water partition coefficient (Wildman–Crippen LogP) is 3.56. The molecule has 1 aliphatic carbocycles. The molecule has 2 rings (SSSR count). The van der Waals surface area contributed by atoms with Gasteiger partial charge in [0.2, 0.25) is 0 Å². The first kappa shape index (κ1) is 10.4. The molecule has 0 unspecified atom stereocenters. The smallest absolute Gasteiger partial charge is 0.157 e. The zero-order valence-corrected chi connectivity index (χ0v) is 9.42. The van der Waals surface area contributed by atoms with E-state index in [1.165, 1.54) is 11.1 Å². The van der Waals surface area contributed by atoms with Crippen molar-refractivity contribution in [1.29, 1.82) is 0 Å². The van der Waals surface area contributed by atoms with E-state index in [9.17, 15) is 4.79 Å². The molecule has 1 aromatic carbocycles. The van der Waals surface area contributed by atoms with E-state index >= 15 is 0 Å². The van der Waals surface area contributed by atoms with Crippen LogP contribution in [0.1, 0.15) is 29.9 Å². The first-order chi connectivity index (χ1) is 7.15. The second-order valence-electron chi connectivity index (χ2n) is 4.08. The summed E-state index contributed by atoms with van der Waals surface area (Å²) in [6, 6.07) is 8.29. The van der Waals surface area contributed by atoms with Gasteiger partial charge in [-0.2, -0.15) is 0 Å². The monoisotopic (exact) mass is 220 g/mol. The van der Waals surface area contributed by atoms with Gasteiger partial charge in [-0.25, -0.2) is 0 Å². The molecular formula is C13H13ClO. The van der Waals surface area contributed by atoms with Gasteiger partial charge in [-0.05, 0) is 30.9 Å². The van der Waals surface area contributed by atoms with Crippen molar-refractivity contribution < 1.29 is 4.79 Å². The van der Waals surface area contributed by atoms with Crippen LogP contribution in [-0.2, 0) is 4.79 Å². The molecule has 0 radical (unpaired) electrons. The van der Waals surface area contributed by atoms with Gasteiger partial charge in [0, 0.05) is 11.5 Å². The maximum Gasteiger partial charge on any atom is 0.157 e. The number of aryl methyl sites for hydroxylation is 1. The molecule has 78 valence electrons. The third kappa shape index (κ3) is 2.48. The van der Waals surface area contributed by atoms with Crippen LogP contribution in [0.2, 0.25) is 0 Å². The summed E-state index contributed by atoms with van der Waals surface area (Å²) >= 11 is 5.94. The van der Waals surface area contributed by atoms with E-state index in [0.29, 0.717) is 11.5 Å². The van der Waals surface area contributed by atoms with E-state index in [4.69, 9.17) is 11.6 Å². The molecule has 0 aliphatic heterocycles. The maximum absolute atomic E-state index is 11.4. The van der Waals surface area contributed by atoms with Gasteiger partial charge in [0.15, 0.2) is 5.78 Å². The predicted molar refractivity (Wildman–Crippen MR) is 62.1 cm³/mol. The van der Waals surface area contributed by atoms with Crippen molar-refractivity contribution in [3.63, 3.8) is 0 Å². The second-order valence-corrected chi connectivity index (χ2v) is 4.56. The lowest BCUT2D eigenvalue weighted by Crippen LogP contribution is -2.11. The number of carbonyl (C=O) groups is 1. The highest BCUT2D eigenvalue weighted by Crippen LogP contribution is 2.33. The SMILES string of the molecule is Cc1cccc([C@@H]2CC(=O)C=C(Cl)C2)c1. The second kappa shape index (κ2) is 4.19. The van der Waals surface area contributed by atoms with Gasteiger partial charge in [-0.3, -0.25) is 4.79 Å². The number of ketones is 1. The van der Waals surface area contributed by atoms with Crippen LogP contribution < -0.4 is 0 Å². The Hall–Kier alpha value is -1.08. The Morgan fingerprint density at radius 3 is 2.80 bits per heavy atom. The van der Waals surface area contributed by atoms with Crippen LogP contribution in [0.25, 0.3) is 0 Å². The molecule has 0 saturated heterocycles. The fourth-order valence-electron chi connectivity index (χ4n) is 2.00. The van der Waals surface area contributed by atoms with Crippen molar-refractivity contribution in [3.05, 3.63) is 46.5 Å². The fourth-order valence-corrected chi connectivity index (χ4v) is 2.31. The third-order valence-electron chi connectivity index (χ3n) is 2.72. The summed E-state index contributed by atoms with van der Waals surface area (Å²) in [5, 5.41) is 0.678. The van der Waals surface area contributed by atoms with Crippen molar-refractivity contribution in [2.24, 2.45) is 0 Å². The van der Waals surface area contributed by atoms with Crippen molar-refractivity contribution in [1.82, 2.24) is 0 Å². The summed E-state index contributed by atoms with van der Waals surface area (Å²) in [6.07, 6.45) is 2.92. The van der Waals surface area contributed by atoms with Crippen LogP contribution in [0.3, 0.4) is 0 Å². The molecule has 1 aliphatic rings. The highest BCUT2D eigenvalue weighted by molar-refractivity contribution is 6.31. The normalized spacial score (nSPS) is 21.3. The van der Waals surface area contributed by atoms with Gasteiger partial charge < -0.3 is 0 Å². The molecule has 0 heterocycles. The Morgan fingerprint density at radius 2 is 2.13 bits per heavy atom. The third-order valence-corrected chi connectivity index (χ3v) is 2.98. The molecule has 0 N–H and O–H groups in total. The average molecular weight is 221 g/mol. The summed E-state index contributed by atoms with van der Waals surface area (Å²) in [5.41, 5.74) is 2.44. The van der Waals surface area contributed by atoms with E-state index in [-0.39, 0.29) is 11.7 Å². The highest BCUT2D eigenvalue weighted by Gasteiger charge is 2.21. The molecule has 1 aromatic rings. The van der Waals surface area contributed by atoms with Gasteiger partial charge in [0.1, 0.15) is 0 Å². The lowest BCUT2D eigenvalue weighted by molar-refractivity contribution is -0.115. The van der Waals surface area contributed by atoms with Gasteiger partial charge >= 0.3 is 0 Å². The topological polar surface area (TPSA) is 17.1 Å². The van der Waals surface area contributed by atoms with Crippen LogP contribution in [0.15, 0.2) is 35.4 Å². The van der Waals surface area contributed by atoms with Crippen LogP contribution >= 0.6 is 11.6 Å². The zero-order valence-electron chi connectivity index (χ0n) is 8.66. The minimum absolute atomic E-state index is 0.137. The number of rotatable bonds is 1. The summed E-state index contributed by atoms with van der Waals surface area (Å²) < 4.78 is 0. The van der Waals surface area contributed by atoms with Crippen LogP contribution in [-0.4, -0.2) is 5.78 Å². The molecule has 0 amide bonds. The summed E-state index contributed by atoms with van der Waals surface area (Å²) in [5.74, 6) is 0.396. The number of allylic oxidation sites excluding steroid dienone is 2. The quantitative estimate of drug-likeness (QED) is 0.707. The number of halogens is 1. The number of benzene rings is 1. The van der Waals surface area contributed by atoms with Crippen molar-refractivity contribution in [2.45, 2.75) is 25.7 Å². The molecular weight excluding hydrogens is 208 g/mol. The molecule has 0 spiro atoms. The van der Waals surface area contributed by atoms with Crippen LogP contribution in [0.5, 0.6) is 0 Å². The highest BCUT2D eigenvalue weighted by atomic mass is 35.5. The Balaban J connectivity index is 2.26. The Labute approximate surface area is 94.8 Å². The van der Waals surface area contributed by atoms with Crippen molar-refractivity contribution in [2.75, 3.05) is 0 Å². The Bertz CT molecular complexity index is 420. The molecule has 15 heavy (non-hydrogen) atoms. The average Bonchev–Trinajstić information content (AvgIpc) is 2.16. The summed E-state index contributed by atoms with van der Waals surface area (Å²) in [6.45, 7) is 2.06. The molecule has 2 heteroatoms. The minimum Gasteiger partial charge on any atom is -0.295 e. The molecule has 0 saturated carbocycles. The van der Waals surface area contributed by atoms with E-state index in [1.807, 2.05) is 6.07 Å². The fraction of sp³-hybridized carbons (Fsp3) is 0.308. The molecule has 0 aromatic heterocycles. The lowest BCUT2D eigenvalue weighted by atomic mass is 9.86. The van der Waals surface area contributed by atoms with Crippen molar-refractivity contribution >= 4 is 17.4 Å². The number of hydrogen-bond donors (Lipinski definition) is 0. The van der Waals surface area contributed by atoms with E-state index in [0.717, 1.165) is 6.42 Å².